The van der Waals surface area contributed by atoms with E-state index in [1.807, 2.05) is 0 Å². The number of aliphatic hydroxyl groups is 7. The van der Waals surface area contributed by atoms with Crippen molar-refractivity contribution in [1.82, 2.24) is 0 Å². The standard InChI is InChI=1S/C57H94O15/c1-3-5-7-9-11-13-15-17-19-21-22-24-25-27-29-31-33-35-37-39-48(59)67-42-45(70-49(60)40-38-36-34-32-30-28-26-23-20-18-16-14-12-10-8-6-4-2)43-68-56-55(66)53(64)51(62)47(72-56)44-69-57-54(65)52(63)50(61)46(41-58)71-57/h11-14,17-20,22,24,26-29,45-47,50-58,61-66H,3-10,15-16,21,23,25,30-44H2,1-2H3/b13-11+,14-12+,19-17+,20-18+,24-22+,28-26+,29-27+/t45-,46+,47+,50-,51-,52?,53?,54?,55?,56+,57+/m0/s1. The first kappa shape index (κ1) is 64.8. The summed E-state index contributed by atoms with van der Waals surface area (Å²) in [6, 6.07) is 0. The van der Waals surface area contributed by atoms with Crippen LogP contribution in [0.1, 0.15) is 168 Å². The van der Waals surface area contributed by atoms with Crippen LogP contribution in [0.3, 0.4) is 0 Å². The molecule has 0 aromatic carbocycles. The van der Waals surface area contributed by atoms with E-state index in [2.05, 4.69) is 98.9 Å². The molecule has 72 heavy (non-hydrogen) atoms. The number of hydrogen-bond donors (Lipinski definition) is 7. The highest BCUT2D eigenvalue weighted by atomic mass is 16.7. The Morgan fingerprint density at radius 3 is 1.31 bits per heavy atom. The molecule has 412 valence electrons. The first-order valence-electron chi connectivity index (χ1n) is 27.2. The van der Waals surface area contributed by atoms with Gasteiger partial charge >= 0.3 is 11.9 Å². The molecule has 0 aromatic heterocycles. The van der Waals surface area contributed by atoms with E-state index in [-0.39, 0.29) is 19.4 Å². The highest BCUT2D eigenvalue weighted by molar-refractivity contribution is 5.70. The second kappa shape index (κ2) is 43.0. The number of carbonyl (C=O) groups excluding carboxylic acids is 2. The van der Waals surface area contributed by atoms with Gasteiger partial charge in [0.25, 0.3) is 0 Å². The molecule has 15 heteroatoms. The van der Waals surface area contributed by atoms with Crippen molar-refractivity contribution in [2.24, 2.45) is 0 Å². The summed E-state index contributed by atoms with van der Waals surface area (Å²) in [5.41, 5.74) is 0. The largest absolute Gasteiger partial charge is 0.462 e. The van der Waals surface area contributed by atoms with Crippen LogP contribution in [-0.2, 0) is 38.0 Å². The number of rotatable bonds is 41. The number of unbranched alkanes of at least 4 members (excludes halogenated alkanes) is 13. The van der Waals surface area contributed by atoms with Gasteiger partial charge < -0.3 is 64.2 Å². The van der Waals surface area contributed by atoms with Gasteiger partial charge in [0.05, 0.1) is 19.8 Å². The molecule has 11 atom stereocenters. The third-order valence-electron chi connectivity index (χ3n) is 12.3. The van der Waals surface area contributed by atoms with Crippen molar-refractivity contribution in [3.05, 3.63) is 85.1 Å². The molecule has 7 N–H and O–H groups in total. The zero-order valence-electron chi connectivity index (χ0n) is 43.6. The van der Waals surface area contributed by atoms with Gasteiger partial charge in [-0.3, -0.25) is 9.59 Å². The fourth-order valence-corrected chi connectivity index (χ4v) is 7.85. The van der Waals surface area contributed by atoms with Gasteiger partial charge in [0, 0.05) is 12.8 Å². The van der Waals surface area contributed by atoms with E-state index in [9.17, 15) is 45.3 Å². The van der Waals surface area contributed by atoms with Crippen LogP contribution in [0, 0.1) is 0 Å². The molecule has 2 rings (SSSR count). The molecule has 0 aromatic rings. The monoisotopic (exact) mass is 1020 g/mol. The summed E-state index contributed by atoms with van der Waals surface area (Å²) in [4.78, 5) is 25.8. The molecule has 2 aliphatic rings. The molecule has 2 saturated heterocycles. The predicted molar refractivity (Wildman–Crippen MR) is 279 cm³/mol. The van der Waals surface area contributed by atoms with Crippen molar-refractivity contribution in [2.45, 2.75) is 235 Å². The van der Waals surface area contributed by atoms with Gasteiger partial charge in [-0.2, -0.15) is 0 Å². The van der Waals surface area contributed by atoms with Gasteiger partial charge in [-0.15, -0.1) is 0 Å². The molecule has 15 nitrogen and oxygen atoms in total. The Bertz CT molecular complexity index is 1570. The summed E-state index contributed by atoms with van der Waals surface area (Å²) in [5.74, 6) is -0.993. The molecular weight excluding hydrogens is 925 g/mol. The Morgan fingerprint density at radius 1 is 0.444 bits per heavy atom. The second-order valence-electron chi connectivity index (χ2n) is 18.7. The Labute approximate surface area is 431 Å². The van der Waals surface area contributed by atoms with E-state index in [1.54, 1.807) is 0 Å². The minimum atomic E-state index is -1.78. The quantitative estimate of drug-likeness (QED) is 0.0173. The van der Waals surface area contributed by atoms with Crippen LogP contribution in [0.25, 0.3) is 0 Å². The lowest BCUT2D eigenvalue weighted by Gasteiger charge is -2.42. The van der Waals surface area contributed by atoms with E-state index in [0.717, 1.165) is 89.9 Å². The molecule has 2 aliphatic heterocycles. The minimum absolute atomic E-state index is 0.127. The molecular formula is C57H94O15. The number of ether oxygens (including phenoxy) is 6. The summed E-state index contributed by atoms with van der Waals surface area (Å²) >= 11 is 0. The number of allylic oxidation sites excluding steroid dienone is 14. The van der Waals surface area contributed by atoms with Gasteiger partial charge in [0.15, 0.2) is 18.7 Å². The van der Waals surface area contributed by atoms with Gasteiger partial charge in [-0.05, 0) is 96.3 Å². The Balaban J connectivity index is 1.82. The fourth-order valence-electron chi connectivity index (χ4n) is 7.85. The van der Waals surface area contributed by atoms with E-state index < -0.39 is 99.3 Å². The van der Waals surface area contributed by atoms with Gasteiger partial charge in [0.2, 0.25) is 0 Å². The highest BCUT2D eigenvalue weighted by Crippen LogP contribution is 2.26. The topological polar surface area (TPSA) is 231 Å². The van der Waals surface area contributed by atoms with Crippen molar-refractivity contribution >= 4 is 11.9 Å². The average Bonchev–Trinajstić information content (AvgIpc) is 3.37. The Hall–Kier alpha value is -3.32. The summed E-state index contributed by atoms with van der Waals surface area (Å²) < 4.78 is 33.6. The first-order valence-corrected chi connectivity index (χ1v) is 27.2. The number of esters is 2. The normalized spacial score (nSPS) is 25.7. The van der Waals surface area contributed by atoms with Crippen molar-refractivity contribution in [1.29, 1.82) is 0 Å². The summed E-state index contributed by atoms with van der Waals surface area (Å²) in [6.07, 6.45) is 36.0. The number of carbonyl (C=O) groups is 2. The van der Waals surface area contributed by atoms with Gasteiger partial charge in [0.1, 0.15) is 55.4 Å². The number of aliphatic hydroxyl groups excluding tert-OH is 7. The van der Waals surface area contributed by atoms with Crippen LogP contribution in [-0.4, -0.2) is 142 Å². The predicted octanol–water partition coefficient (Wildman–Crippen LogP) is 8.38. The highest BCUT2D eigenvalue weighted by Gasteiger charge is 2.47. The maximum atomic E-state index is 13.0. The fraction of sp³-hybridized carbons (Fsp3) is 0.719. The average molecular weight is 1020 g/mol. The first-order chi connectivity index (χ1) is 35.0. The van der Waals surface area contributed by atoms with Crippen LogP contribution < -0.4 is 0 Å². The summed E-state index contributed by atoms with van der Waals surface area (Å²) in [7, 11) is 0. The summed E-state index contributed by atoms with van der Waals surface area (Å²) in [6.45, 7) is 2.46. The molecule has 0 radical (unpaired) electrons. The lowest BCUT2D eigenvalue weighted by Crippen LogP contribution is -2.61. The zero-order valence-corrected chi connectivity index (χ0v) is 43.6. The molecule has 2 heterocycles. The van der Waals surface area contributed by atoms with Crippen molar-refractivity contribution < 1.29 is 73.8 Å². The van der Waals surface area contributed by atoms with Crippen molar-refractivity contribution in [3.8, 4) is 0 Å². The van der Waals surface area contributed by atoms with E-state index in [4.69, 9.17) is 28.4 Å². The number of hydrogen-bond acceptors (Lipinski definition) is 15. The third-order valence-corrected chi connectivity index (χ3v) is 12.3. The van der Waals surface area contributed by atoms with Gasteiger partial charge in [-0.25, -0.2) is 0 Å². The molecule has 0 spiro atoms. The molecule has 0 amide bonds. The maximum absolute atomic E-state index is 13.0. The van der Waals surface area contributed by atoms with Crippen LogP contribution in [0.4, 0.5) is 0 Å². The molecule has 0 aliphatic carbocycles. The Morgan fingerprint density at radius 2 is 0.833 bits per heavy atom. The van der Waals surface area contributed by atoms with Crippen LogP contribution in [0.5, 0.6) is 0 Å². The molecule has 4 unspecified atom stereocenters. The lowest BCUT2D eigenvalue weighted by molar-refractivity contribution is -0.332. The van der Waals surface area contributed by atoms with E-state index >= 15 is 0 Å². The van der Waals surface area contributed by atoms with Crippen LogP contribution in [0.15, 0.2) is 85.1 Å². The molecule has 0 bridgehead atoms. The maximum Gasteiger partial charge on any atom is 0.306 e. The van der Waals surface area contributed by atoms with Crippen molar-refractivity contribution in [3.63, 3.8) is 0 Å². The third kappa shape index (κ3) is 30.1. The van der Waals surface area contributed by atoms with E-state index in [0.29, 0.717) is 12.8 Å². The SMILES string of the molecule is CCCCC/C=C/C/C=C/C/C=C/C/C=C/CCCCCC(=O)OC[C@@H](CO[C@@H]1O[C@H](CO[C@@H]2O[C@H](CO)[C@H](O)C(O)C2O)[C@H](O)C(O)C1O)OC(=O)CCCCCC/C=C/C/C=C/C/C=C/CCCCC. The smallest absolute Gasteiger partial charge is 0.306 e. The van der Waals surface area contributed by atoms with Crippen LogP contribution in [0.2, 0.25) is 0 Å². The lowest BCUT2D eigenvalue weighted by atomic mass is 9.98. The minimum Gasteiger partial charge on any atom is -0.462 e. The summed E-state index contributed by atoms with van der Waals surface area (Å²) in [5, 5.41) is 72.2. The van der Waals surface area contributed by atoms with Gasteiger partial charge in [-0.1, -0.05) is 144 Å². The Kier molecular flexibility index (Phi) is 38.7. The van der Waals surface area contributed by atoms with E-state index in [1.165, 1.54) is 38.5 Å². The molecule has 0 saturated carbocycles. The second-order valence-corrected chi connectivity index (χ2v) is 18.7. The van der Waals surface area contributed by atoms with Crippen molar-refractivity contribution in [2.75, 3.05) is 26.4 Å². The van der Waals surface area contributed by atoms with Crippen LogP contribution >= 0.6 is 0 Å². The molecule has 2 fully saturated rings. The zero-order chi connectivity index (χ0) is 52.4.